The van der Waals surface area contributed by atoms with Crippen LogP contribution in [0, 0.1) is 0 Å². The van der Waals surface area contributed by atoms with E-state index in [9.17, 15) is 4.79 Å². The monoisotopic (exact) mass is 234 g/mol. The summed E-state index contributed by atoms with van der Waals surface area (Å²) in [5, 5.41) is 0. The molecule has 0 aliphatic carbocycles. The van der Waals surface area contributed by atoms with Gasteiger partial charge < -0.3 is 4.74 Å². The van der Waals surface area contributed by atoms with E-state index in [1.165, 1.54) is 12.5 Å². The van der Waals surface area contributed by atoms with Crippen molar-refractivity contribution in [2.75, 3.05) is 18.1 Å². The Bertz CT molecular complexity index is 166. The number of carbonyl (C=O) groups excluding carboxylic acids is 1. The molecule has 0 N–H and O–H groups in total. The second-order valence-electron chi connectivity index (χ2n) is 4.52. The Kier molecular flexibility index (Phi) is 7.36. The third kappa shape index (κ3) is 10.1. The van der Waals surface area contributed by atoms with E-state index in [1.54, 1.807) is 11.8 Å². The topological polar surface area (TPSA) is 26.3 Å². The SMILES string of the molecule is CCOC(=O)CSCCC[Si](C)(C)C. The van der Waals surface area contributed by atoms with Crippen LogP contribution in [-0.4, -0.2) is 32.2 Å². The molecule has 0 heterocycles. The zero-order valence-electron chi connectivity index (χ0n) is 9.76. The smallest absolute Gasteiger partial charge is 0.315 e. The molecular formula is C10H22O2SSi. The summed E-state index contributed by atoms with van der Waals surface area (Å²) in [4.78, 5) is 11.0. The van der Waals surface area contributed by atoms with E-state index < -0.39 is 8.07 Å². The molecule has 0 amide bonds. The van der Waals surface area contributed by atoms with Crippen molar-refractivity contribution in [3.05, 3.63) is 0 Å². The summed E-state index contributed by atoms with van der Waals surface area (Å²) in [6, 6.07) is 1.35. The lowest BCUT2D eigenvalue weighted by molar-refractivity contribution is -0.139. The highest BCUT2D eigenvalue weighted by Gasteiger charge is 2.11. The van der Waals surface area contributed by atoms with Gasteiger partial charge in [-0.3, -0.25) is 4.79 Å². The molecule has 14 heavy (non-hydrogen) atoms. The zero-order valence-corrected chi connectivity index (χ0v) is 11.6. The average Bonchev–Trinajstić information content (AvgIpc) is 2.02. The van der Waals surface area contributed by atoms with Gasteiger partial charge in [-0.1, -0.05) is 25.7 Å². The van der Waals surface area contributed by atoms with Crippen molar-refractivity contribution in [2.45, 2.75) is 39.0 Å². The van der Waals surface area contributed by atoms with Gasteiger partial charge in [0.2, 0.25) is 0 Å². The quantitative estimate of drug-likeness (QED) is 0.385. The minimum absolute atomic E-state index is 0.0782. The maximum absolute atomic E-state index is 11.0. The normalized spacial score (nSPS) is 11.4. The van der Waals surface area contributed by atoms with Gasteiger partial charge in [0.05, 0.1) is 12.4 Å². The maximum Gasteiger partial charge on any atom is 0.315 e. The third-order valence-corrected chi connectivity index (χ3v) is 4.61. The predicted octanol–water partition coefficient (Wildman–Crippen LogP) is 3.01. The van der Waals surface area contributed by atoms with Crippen LogP contribution in [-0.2, 0) is 9.53 Å². The van der Waals surface area contributed by atoms with Gasteiger partial charge in [0.25, 0.3) is 0 Å². The van der Waals surface area contributed by atoms with E-state index in [0.717, 1.165) is 5.75 Å². The second-order valence-corrected chi connectivity index (χ2v) is 11.2. The highest BCUT2D eigenvalue weighted by atomic mass is 32.2. The fraction of sp³-hybridized carbons (Fsp3) is 0.900. The van der Waals surface area contributed by atoms with E-state index in [1.807, 2.05) is 6.92 Å². The molecule has 0 aliphatic rings. The van der Waals surface area contributed by atoms with Crippen LogP contribution < -0.4 is 0 Å². The first-order valence-corrected chi connectivity index (χ1v) is 10.1. The number of esters is 1. The standard InChI is InChI=1S/C10H22O2SSi/c1-5-12-10(11)9-13-7-6-8-14(2,3)4/h5-9H2,1-4H3. The fourth-order valence-electron chi connectivity index (χ4n) is 1.06. The Morgan fingerprint density at radius 3 is 2.50 bits per heavy atom. The van der Waals surface area contributed by atoms with Crippen LogP contribution in [0.15, 0.2) is 0 Å². The van der Waals surface area contributed by atoms with Crippen LogP contribution in [0.25, 0.3) is 0 Å². The molecule has 0 saturated carbocycles. The Balaban J connectivity index is 3.26. The summed E-state index contributed by atoms with van der Waals surface area (Å²) in [7, 11) is -0.879. The summed E-state index contributed by atoms with van der Waals surface area (Å²) in [5.74, 6) is 1.52. The molecule has 0 rings (SSSR count). The van der Waals surface area contributed by atoms with Gasteiger partial charge in [0.15, 0.2) is 0 Å². The van der Waals surface area contributed by atoms with E-state index in [4.69, 9.17) is 4.74 Å². The number of thioether (sulfide) groups is 1. The summed E-state index contributed by atoms with van der Waals surface area (Å²) >= 11 is 1.69. The Hall–Kier alpha value is 0.0369. The lowest BCUT2D eigenvalue weighted by Crippen LogP contribution is -2.19. The molecule has 4 heteroatoms. The third-order valence-electron chi connectivity index (χ3n) is 1.74. The number of hydrogen-bond acceptors (Lipinski definition) is 3. The highest BCUT2D eigenvalue weighted by molar-refractivity contribution is 7.99. The Morgan fingerprint density at radius 1 is 1.36 bits per heavy atom. The highest BCUT2D eigenvalue weighted by Crippen LogP contribution is 2.14. The second kappa shape index (κ2) is 7.34. The van der Waals surface area contributed by atoms with Crippen LogP contribution in [0.4, 0.5) is 0 Å². The molecule has 0 aromatic rings. The maximum atomic E-state index is 11.0. The zero-order chi connectivity index (χ0) is 11.0. The van der Waals surface area contributed by atoms with Gasteiger partial charge >= 0.3 is 5.97 Å². The first-order valence-electron chi connectivity index (χ1n) is 5.19. The van der Waals surface area contributed by atoms with Crippen LogP contribution in [0.5, 0.6) is 0 Å². The minimum atomic E-state index is -0.879. The first-order chi connectivity index (χ1) is 6.45. The van der Waals surface area contributed by atoms with Crippen LogP contribution in [0.2, 0.25) is 25.7 Å². The number of ether oxygens (including phenoxy) is 1. The lowest BCUT2D eigenvalue weighted by atomic mass is 10.6. The van der Waals surface area contributed by atoms with Gasteiger partial charge in [0, 0.05) is 8.07 Å². The molecule has 0 radical (unpaired) electrons. The summed E-state index contributed by atoms with van der Waals surface area (Å²) in [6.45, 7) is 9.47. The molecule has 0 saturated heterocycles. The molecule has 0 aliphatic heterocycles. The molecule has 0 aromatic heterocycles. The lowest BCUT2D eigenvalue weighted by Gasteiger charge is -2.14. The molecule has 0 spiro atoms. The van der Waals surface area contributed by atoms with E-state index in [2.05, 4.69) is 19.6 Å². The number of hydrogen-bond donors (Lipinski definition) is 0. The van der Waals surface area contributed by atoms with Crippen molar-refractivity contribution < 1.29 is 9.53 Å². The van der Waals surface area contributed by atoms with Gasteiger partial charge in [-0.2, -0.15) is 11.8 Å². The van der Waals surface area contributed by atoms with E-state index >= 15 is 0 Å². The van der Waals surface area contributed by atoms with Gasteiger partial charge in [0.1, 0.15) is 0 Å². The summed E-state index contributed by atoms with van der Waals surface area (Å²) in [5.41, 5.74) is 0. The van der Waals surface area contributed by atoms with Crippen molar-refractivity contribution >= 4 is 25.8 Å². The van der Waals surface area contributed by atoms with Crippen LogP contribution >= 0.6 is 11.8 Å². The van der Waals surface area contributed by atoms with Crippen molar-refractivity contribution in [1.82, 2.24) is 0 Å². The molecule has 84 valence electrons. The number of rotatable bonds is 7. The largest absolute Gasteiger partial charge is 0.465 e. The molecule has 0 fully saturated rings. The summed E-state index contributed by atoms with van der Waals surface area (Å²) in [6.07, 6.45) is 1.24. The van der Waals surface area contributed by atoms with Crippen molar-refractivity contribution in [1.29, 1.82) is 0 Å². The van der Waals surface area contributed by atoms with Gasteiger partial charge in [-0.05, 0) is 19.1 Å². The molecule has 0 atom stereocenters. The van der Waals surface area contributed by atoms with Crippen molar-refractivity contribution in [3.8, 4) is 0 Å². The molecule has 0 unspecified atom stereocenters. The van der Waals surface area contributed by atoms with E-state index in [-0.39, 0.29) is 5.97 Å². The fourth-order valence-corrected chi connectivity index (χ4v) is 3.30. The number of carbonyl (C=O) groups is 1. The molecule has 0 bridgehead atoms. The van der Waals surface area contributed by atoms with Crippen molar-refractivity contribution in [2.24, 2.45) is 0 Å². The first kappa shape index (κ1) is 14.0. The van der Waals surface area contributed by atoms with Gasteiger partial charge in [-0.25, -0.2) is 0 Å². The summed E-state index contributed by atoms with van der Waals surface area (Å²) < 4.78 is 4.84. The molecular weight excluding hydrogens is 212 g/mol. The van der Waals surface area contributed by atoms with Gasteiger partial charge in [-0.15, -0.1) is 0 Å². The molecule has 2 nitrogen and oxygen atoms in total. The minimum Gasteiger partial charge on any atom is -0.465 e. The molecule has 0 aromatic carbocycles. The average molecular weight is 234 g/mol. The Labute approximate surface area is 92.8 Å². The van der Waals surface area contributed by atoms with Crippen LogP contribution in [0.1, 0.15) is 13.3 Å². The van der Waals surface area contributed by atoms with E-state index in [0.29, 0.717) is 12.4 Å². The Morgan fingerprint density at radius 2 is 2.00 bits per heavy atom. The predicted molar refractivity (Wildman–Crippen MR) is 66.7 cm³/mol. The van der Waals surface area contributed by atoms with Crippen molar-refractivity contribution in [3.63, 3.8) is 0 Å². The van der Waals surface area contributed by atoms with Crippen LogP contribution in [0.3, 0.4) is 0 Å².